The molecule has 2 rings (SSSR count). The number of methoxy groups -OCH3 is 1. The number of Topliss-reactive ketones (excluding diaryl/α,β-unsaturated/α-hetero) is 1. The monoisotopic (exact) mass is 441 g/mol. The van der Waals surface area contributed by atoms with E-state index in [0.29, 0.717) is 15.8 Å². The number of benzene rings is 2. The van der Waals surface area contributed by atoms with Gasteiger partial charge in [0.2, 0.25) is 10.0 Å². The van der Waals surface area contributed by atoms with E-state index in [9.17, 15) is 18.0 Å². The molecule has 0 saturated heterocycles. The van der Waals surface area contributed by atoms with Crippen molar-refractivity contribution in [3.63, 3.8) is 0 Å². The minimum Gasteiger partial charge on any atom is -0.496 e. The molecule has 0 bridgehead atoms. The molecule has 2 aromatic rings. The Hall–Kier alpha value is -2.39. The van der Waals surface area contributed by atoms with E-state index in [1.807, 2.05) is 0 Å². The molecule has 0 aliphatic carbocycles. The fourth-order valence-electron chi connectivity index (χ4n) is 2.08. The Balaban J connectivity index is 2.09. The number of ketones is 1. The first-order valence-electron chi connectivity index (χ1n) is 7.32. The largest absolute Gasteiger partial charge is 0.496 e. The van der Waals surface area contributed by atoms with E-state index >= 15 is 0 Å². The lowest BCUT2D eigenvalue weighted by Gasteiger charge is -2.10. The minimum absolute atomic E-state index is 0.0154. The molecule has 0 radical (unpaired) electrons. The Bertz CT molecular complexity index is 942. The second-order valence-corrected chi connectivity index (χ2v) is 7.87. The summed E-state index contributed by atoms with van der Waals surface area (Å²) in [5, 5.41) is 0. The zero-order valence-corrected chi connectivity index (χ0v) is 16.4. The quantitative estimate of drug-likeness (QED) is 0.523. The summed E-state index contributed by atoms with van der Waals surface area (Å²) in [7, 11) is -2.06. The van der Waals surface area contributed by atoms with Gasteiger partial charge in [0.05, 0.1) is 29.1 Å². The molecule has 0 fully saturated rings. The fourth-order valence-corrected chi connectivity index (χ4v) is 3.20. The molecular weight excluding hydrogens is 426 g/mol. The molecule has 26 heavy (non-hydrogen) atoms. The Labute approximate surface area is 159 Å². The van der Waals surface area contributed by atoms with Crippen molar-refractivity contribution in [3.05, 3.63) is 58.1 Å². The smallest absolute Gasteiger partial charge is 0.340 e. The van der Waals surface area contributed by atoms with Crippen LogP contribution in [0.25, 0.3) is 0 Å². The topological polar surface area (TPSA) is 98.8 Å². The Morgan fingerprint density at radius 3 is 2.46 bits per heavy atom. The van der Waals surface area contributed by atoms with Crippen molar-refractivity contribution in [2.45, 2.75) is 0 Å². The van der Waals surface area contributed by atoms with Crippen molar-refractivity contribution in [3.8, 4) is 5.75 Å². The number of esters is 1. The van der Waals surface area contributed by atoms with Gasteiger partial charge in [0.15, 0.2) is 12.4 Å². The van der Waals surface area contributed by atoms with Crippen molar-refractivity contribution < 1.29 is 27.5 Å². The Morgan fingerprint density at radius 2 is 1.85 bits per heavy atom. The lowest BCUT2D eigenvalue weighted by atomic mass is 10.1. The summed E-state index contributed by atoms with van der Waals surface area (Å²) < 4.78 is 35.7. The molecule has 7 nitrogen and oxygen atoms in total. The number of para-hydroxylation sites is 1. The van der Waals surface area contributed by atoms with Crippen LogP contribution in [0.15, 0.2) is 46.9 Å². The van der Waals surface area contributed by atoms with Crippen LogP contribution in [0.5, 0.6) is 5.75 Å². The van der Waals surface area contributed by atoms with Crippen molar-refractivity contribution >= 4 is 43.4 Å². The van der Waals surface area contributed by atoms with Gasteiger partial charge in [-0.1, -0.05) is 12.1 Å². The van der Waals surface area contributed by atoms with E-state index < -0.39 is 28.4 Å². The summed E-state index contributed by atoms with van der Waals surface area (Å²) in [6.45, 7) is -0.481. The van der Waals surface area contributed by atoms with Crippen LogP contribution in [0, 0.1) is 0 Å². The highest BCUT2D eigenvalue weighted by Crippen LogP contribution is 2.25. The van der Waals surface area contributed by atoms with E-state index in [2.05, 4.69) is 20.7 Å². The Morgan fingerprint density at radius 1 is 1.15 bits per heavy atom. The summed E-state index contributed by atoms with van der Waals surface area (Å²) in [4.78, 5) is 24.4. The number of halogens is 1. The number of carbonyl (C=O) groups excluding carboxylic acids is 2. The maximum absolute atomic E-state index is 12.2. The van der Waals surface area contributed by atoms with Gasteiger partial charge in [-0.2, -0.15) is 0 Å². The fraction of sp³-hybridized carbons (Fsp3) is 0.176. The molecule has 0 heterocycles. The maximum Gasteiger partial charge on any atom is 0.340 e. The zero-order chi connectivity index (χ0) is 19.3. The number of hydrogen-bond acceptors (Lipinski definition) is 6. The van der Waals surface area contributed by atoms with Crippen molar-refractivity contribution in [1.82, 2.24) is 0 Å². The van der Waals surface area contributed by atoms with Crippen LogP contribution in [0.2, 0.25) is 0 Å². The van der Waals surface area contributed by atoms with E-state index in [-0.39, 0.29) is 11.3 Å². The molecule has 0 aliphatic heterocycles. The number of carbonyl (C=O) groups is 2. The number of nitrogens with one attached hydrogen (secondary N) is 1. The van der Waals surface area contributed by atoms with Crippen LogP contribution >= 0.6 is 15.9 Å². The van der Waals surface area contributed by atoms with Gasteiger partial charge in [-0.3, -0.25) is 9.52 Å². The van der Waals surface area contributed by atoms with E-state index in [1.54, 1.807) is 30.3 Å². The predicted molar refractivity (Wildman–Crippen MR) is 100 cm³/mol. The van der Waals surface area contributed by atoms with Crippen LogP contribution in [0.1, 0.15) is 20.7 Å². The third-order valence-electron chi connectivity index (χ3n) is 3.25. The summed E-state index contributed by atoms with van der Waals surface area (Å²) in [6.07, 6.45) is 0.972. The SMILES string of the molecule is COc1ccc(C(=O)COC(=O)c2ccccc2NS(C)(=O)=O)cc1Br. The molecule has 0 aromatic heterocycles. The lowest BCUT2D eigenvalue weighted by molar-refractivity contribution is 0.0476. The minimum atomic E-state index is -3.56. The molecule has 1 N–H and O–H groups in total. The highest BCUT2D eigenvalue weighted by Gasteiger charge is 2.17. The second-order valence-electron chi connectivity index (χ2n) is 5.27. The first-order valence-corrected chi connectivity index (χ1v) is 10.0. The van der Waals surface area contributed by atoms with Gasteiger partial charge >= 0.3 is 5.97 Å². The molecule has 0 spiro atoms. The number of ether oxygens (including phenoxy) is 2. The molecule has 0 atom stereocenters. The van der Waals surface area contributed by atoms with Gasteiger partial charge in [-0.15, -0.1) is 0 Å². The van der Waals surface area contributed by atoms with Gasteiger partial charge in [0.25, 0.3) is 0 Å². The molecule has 0 amide bonds. The van der Waals surface area contributed by atoms with Gasteiger partial charge in [0, 0.05) is 5.56 Å². The average molecular weight is 442 g/mol. The highest BCUT2D eigenvalue weighted by atomic mass is 79.9. The normalized spacial score (nSPS) is 10.9. The second kappa shape index (κ2) is 8.33. The van der Waals surface area contributed by atoms with E-state index in [1.165, 1.54) is 19.2 Å². The summed E-state index contributed by atoms with van der Waals surface area (Å²) in [5.74, 6) is -0.646. The lowest BCUT2D eigenvalue weighted by Crippen LogP contribution is -2.17. The summed E-state index contributed by atoms with van der Waals surface area (Å²) in [6, 6.07) is 10.7. The number of hydrogen-bond donors (Lipinski definition) is 1. The molecule has 0 saturated carbocycles. The first-order chi connectivity index (χ1) is 12.2. The number of sulfonamides is 1. The molecule has 0 aliphatic rings. The molecule has 138 valence electrons. The summed E-state index contributed by atoms with van der Waals surface area (Å²) in [5.41, 5.74) is 0.439. The highest BCUT2D eigenvalue weighted by molar-refractivity contribution is 9.10. The van der Waals surface area contributed by atoms with Gasteiger partial charge < -0.3 is 9.47 Å². The number of rotatable bonds is 7. The van der Waals surface area contributed by atoms with Crippen LogP contribution in [0.4, 0.5) is 5.69 Å². The third-order valence-corrected chi connectivity index (χ3v) is 4.46. The molecule has 2 aromatic carbocycles. The van der Waals surface area contributed by atoms with Crippen LogP contribution in [-0.4, -0.2) is 40.1 Å². The van der Waals surface area contributed by atoms with E-state index in [4.69, 9.17) is 9.47 Å². The zero-order valence-electron chi connectivity index (χ0n) is 14.0. The predicted octanol–water partition coefficient (Wildman–Crippen LogP) is 2.87. The number of anilines is 1. The Kier molecular flexibility index (Phi) is 6.38. The van der Waals surface area contributed by atoms with Crippen molar-refractivity contribution in [1.29, 1.82) is 0 Å². The van der Waals surface area contributed by atoms with Crippen molar-refractivity contribution in [2.24, 2.45) is 0 Å². The average Bonchev–Trinajstić information content (AvgIpc) is 2.58. The van der Waals surface area contributed by atoms with E-state index in [0.717, 1.165) is 6.26 Å². The van der Waals surface area contributed by atoms with Crippen LogP contribution in [0.3, 0.4) is 0 Å². The first kappa shape index (κ1) is 19.9. The van der Waals surface area contributed by atoms with Crippen molar-refractivity contribution in [2.75, 3.05) is 24.7 Å². The van der Waals surface area contributed by atoms with Gasteiger partial charge in [-0.25, -0.2) is 13.2 Å². The van der Waals surface area contributed by atoms with Crippen LogP contribution in [-0.2, 0) is 14.8 Å². The molecule has 9 heteroatoms. The van der Waals surface area contributed by atoms with Crippen LogP contribution < -0.4 is 9.46 Å². The summed E-state index contributed by atoms with van der Waals surface area (Å²) >= 11 is 3.28. The standard InChI is InChI=1S/C17H16BrNO6S/c1-24-16-8-7-11(9-13(16)18)15(20)10-25-17(21)12-5-3-4-6-14(12)19-26(2,22)23/h3-9,19H,10H2,1-2H3. The van der Waals surface area contributed by atoms with Gasteiger partial charge in [-0.05, 0) is 46.3 Å². The third kappa shape index (κ3) is 5.30. The van der Waals surface area contributed by atoms with Gasteiger partial charge in [0.1, 0.15) is 5.75 Å². The molecular formula is C17H16BrNO6S. The molecule has 0 unspecified atom stereocenters. The maximum atomic E-state index is 12.2.